The van der Waals surface area contributed by atoms with Gasteiger partial charge in [0.2, 0.25) is 0 Å². The molecule has 4 rings (SSSR count). The summed E-state index contributed by atoms with van der Waals surface area (Å²) in [7, 11) is 0. The highest BCUT2D eigenvalue weighted by Crippen LogP contribution is 2.28. The van der Waals surface area contributed by atoms with Crippen LogP contribution in [0.25, 0.3) is 21.8 Å². The topological polar surface area (TPSA) is 38.5 Å². The lowest BCUT2D eigenvalue weighted by atomic mass is 10.2. The summed E-state index contributed by atoms with van der Waals surface area (Å²) in [6, 6.07) is 17.1. The molecule has 2 aromatic heterocycles. The van der Waals surface area contributed by atoms with E-state index in [1.54, 1.807) is 0 Å². The molecular weight excluding hydrogens is 304 g/mol. The van der Waals surface area contributed by atoms with Gasteiger partial charge in [-0.3, -0.25) is 5.10 Å². The summed E-state index contributed by atoms with van der Waals surface area (Å²) in [4.78, 5) is 0. The molecule has 0 aliphatic rings. The third-order valence-corrected chi connectivity index (χ3v) is 4.70. The lowest BCUT2D eigenvalue weighted by Crippen LogP contribution is -2.07. The molecule has 2 heterocycles. The van der Waals surface area contributed by atoms with Gasteiger partial charge < -0.3 is 9.13 Å². The standard InChI is InChI=1S/C18H18N4S/c1-2-21-17(19-20-18(21)23)11-12-22-15-9-5-3-7-13(15)14-8-4-6-10-16(14)22/h3-10H,2,11-12H2,1H3,(H,20,23). The van der Waals surface area contributed by atoms with Gasteiger partial charge in [0.1, 0.15) is 5.82 Å². The van der Waals surface area contributed by atoms with E-state index < -0.39 is 0 Å². The van der Waals surface area contributed by atoms with Crippen molar-refractivity contribution in [3.05, 3.63) is 59.1 Å². The van der Waals surface area contributed by atoms with E-state index in [0.717, 1.165) is 25.3 Å². The molecule has 0 fully saturated rings. The number of aromatic amines is 1. The number of fused-ring (bicyclic) bond motifs is 3. The molecule has 0 radical (unpaired) electrons. The number of aromatic nitrogens is 4. The van der Waals surface area contributed by atoms with E-state index in [1.807, 2.05) is 0 Å². The summed E-state index contributed by atoms with van der Waals surface area (Å²) >= 11 is 5.28. The van der Waals surface area contributed by atoms with Crippen LogP contribution in [0.1, 0.15) is 12.7 Å². The van der Waals surface area contributed by atoms with E-state index in [1.165, 1.54) is 21.8 Å². The quantitative estimate of drug-likeness (QED) is 0.569. The predicted octanol–water partition coefficient (Wildman–Crippen LogP) is 4.31. The number of benzene rings is 2. The highest BCUT2D eigenvalue weighted by Gasteiger charge is 2.11. The third-order valence-electron chi connectivity index (χ3n) is 4.39. The first kappa shape index (κ1) is 14.2. The lowest BCUT2D eigenvalue weighted by molar-refractivity contribution is 0.640. The summed E-state index contributed by atoms with van der Waals surface area (Å²) < 4.78 is 5.13. The molecule has 0 amide bonds. The van der Waals surface area contributed by atoms with Crippen molar-refractivity contribution in [3.8, 4) is 0 Å². The molecule has 23 heavy (non-hydrogen) atoms. The Morgan fingerprint density at radius 1 is 0.957 bits per heavy atom. The van der Waals surface area contributed by atoms with Gasteiger partial charge in [-0.1, -0.05) is 36.4 Å². The molecule has 0 bridgehead atoms. The van der Waals surface area contributed by atoms with E-state index in [9.17, 15) is 0 Å². The Hall–Kier alpha value is -2.40. The number of hydrogen-bond acceptors (Lipinski definition) is 2. The zero-order valence-corrected chi connectivity index (χ0v) is 13.8. The SMILES string of the molecule is CCn1c(CCn2c3ccccc3c3ccccc32)n[nH]c1=S. The summed E-state index contributed by atoms with van der Waals surface area (Å²) in [6.07, 6.45) is 0.851. The van der Waals surface area contributed by atoms with Crippen LogP contribution in [0.5, 0.6) is 0 Å². The van der Waals surface area contributed by atoms with Gasteiger partial charge >= 0.3 is 0 Å². The molecule has 0 unspecified atom stereocenters. The van der Waals surface area contributed by atoms with Crippen molar-refractivity contribution in [2.45, 2.75) is 26.4 Å². The van der Waals surface area contributed by atoms with Gasteiger partial charge in [0.25, 0.3) is 0 Å². The molecule has 0 atom stereocenters. The predicted molar refractivity (Wildman–Crippen MR) is 96.2 cm³/mol. The fourth-order valence-electron chi connectivity index (χ4n) is 3.32. The Balaban J connectivity index is 1.80. The molecule has 5 heteroatoms. The number of rotatable bonds is 4. The smallest absolute Gasteiger partial charge is 0.195 e. The maximum absolute atomic E-state index is 5.28. The summed E-state index contributed by atoms with van der Waals surface area (Å²) in [5.41, 5.74) is 2.54. The summed E-state index contributed by atoms with van der Waals surface area (Å²) in [6.45, 7) is 3.82. The van der Waals surface area contributed by atoms with Crippen molar-refractivity contribution in [2.75, 3.05) is 0 Å². The number of H-pyrrole nitrogens is 1. The second-order valence-corrected chi connectivity index (χ2v) is 6.01. The zero-order chi connectivity index (χ0) is 15.8. The van der Waals surface area contributed by atoms with Gasteiger partial charge in [-0.05, 0) is 31.3 Å². The highest BCUT2D eigenvalue weighted by molar-refractivity contribution is 7.71. The average molecular weight is 322 g/mol. The Labute approximate surface area is 139 Å². The molecule has 4 aromatic rings. The summed E-state index contributed by atoms with van der Waals surface area (Å²) in [5.74, 6) is 1.01. The zero-order valence-electron chi connectivity index (χ0n) is 13.0. The van der Waals surface area contributed by atoms with E-state index in [0.29, 0.717) is 4.77 Å². The van der Waals surface area contributed by atoms with Crippen LogP contribution < -0.4 is 0 Å². The maximum atomic E-state index is 5.28. The number of nitrogens with zero attached hydrogens (tertiary/aromatic N) is 3. The number of hydrogen-bond donors (Lipinski definition) is 1. The minimum atomic E-state index is 0.699. The molecular formula is C18H18N4S. The van der Waals surface area contributed by atoms with Gasteiger partial charge in [0.15, 0.2) is 4.77 Å². The molecule has 4 nitrogen and oxygen atoms in total. The first-order valence-electron chi connectivity index (χ1n) is 7.89. The monoisotopic (exact) mass is 322 g/mol. The molecule has 0 aliphatic heterocycles. The van der Waals surface area contributed by atoms with Crippen LogP contribution in [-0.2, 0) is 19.5 Å². The van der Waals surface area contributed by atoms with Crippen LogP contribution in [0.4, 0.5) is 0 Å². The maximum Gasteiger partial charge on any atom is 0.195 e. The number of aryl methyl sites for hydroxylation is 2. The second kappa shape index (κ2) is 5.66. The van der Waals surface area contributed by atoms with Gasteiger partial charge in [0.05, 0.1) is 0 Å². The van der Waals surface area contributed by atoms with Crippen molar-refractivity contribution in [2.24, 2.45) is 0 Å². The Bertz CT molecular complexity index is 985. The lowest BCUT2D eigenvalue weighted by Gasteiger charge is -2.08. The van der Waals surface area contributed by atoms with Crippen LogP contribution in [-0.4, -0.2) is 19.3 Å². The van der Waals surface area contributed by atoms with E-state index in [-0.39, 0.29) is 0 Å². The molecule has 0 aliphatic carbocycles. The molecule has 0 spiro atoms. The minimum absolute atomic E-state index is 0.699. The fourth-order valence-corrected chi connectivity index (χ4v) is 3.60. The van der Waals surface area contributed by atoms with Crippen LogP contribution in [0.3, 0.4) is 0 Å². The van der Waals surface area contributed by atoms with Crippen LogP contribution >= 0.6 is 12.2 Å². The van der Waals surface area contributed by atoms with Crippen molar-refractivity contribution >= 4 is 34.0 Å². The Kier molecular flexibility index (Phi) is 3.50. The first-order chi connectivity index (χ1) is 11.3. The molecule has 0 saturated heterocycles. The van der Waals surface area contributed by atoms with Crippen LogP contribution in [0, 0.1) is 4.77 Å². The number of para-hydroxylation sites is 2. The van der Waals surface area contributed by atoms with Gasteiger partial charge in [-0.15, -0.1) is 0 Å². The van der Waals surface area contributed by atoms with E-state index in [2.05, 4.69) is 74.8 Å². The van der Waals surface area contributed by atoms with Gasteiger partial charge in [0, 0.05) is 41.3 Å². The normalized spacial score (nSPS) is 11.5. The third kappa shape index (κ3) is 2.28. The van der Waals surface area contributed by atoms with Crippen molar-refractivity contribution < 1.29 is 0 Å². The molecule has 2 aromatic carbocycles. The summed E-state index contributed by atoms with van der Waals surface area (Å²) in [5, 5.41) is 9.88. The largest absolute Gasteiger partial charge is 0.340 e. The molecule has 116 valence electrons. The van der Waals surface area contributed by atoms with Gasteiger partial charge in [-0.2, -0.15) is 5.10 Å². The second-order valence-electron chi connectivity index (χ2n) is 5.63. The fraction of sp³-hybridized carbons (Fsp3) is 0.222. The minimum Gasteiger partial charge on any atom is -0.340 e. The van der Waals surface area contributed by atoms with Crippen molar-refractivity contribution in [3.63, 3.8) is 0 Å². The van der Waals surface area contributed by atoms with Crippen LogP contribution in [0.2, 0.25) is 0 Å². The van der Waals surface area contributed by atoms with Crippen molar-refractivity contribution in [1.29, 1.82) is 0 Å². The van der Waals surface area contributed by atoms with Crippen molar-refractivity contribution in [1.82, 2.24) is 19.3 Å². The van der Waals surface area contributed by atoms with Crippen LogP contribution in [0.15, 0.2) is 48.5 Å². The number of nitrogens with one attached hydrogen (secondary N) is 1. The van der Waals surface area contributed by atoms with E-state index >= 15 is 0 Å². The van der Waals surface area contributed by atoms with Gasteiger partial charge in [-0.25, -0.2) is 0 Å². The first-order valence-corrected chi connectivity index (χ1v) is 8.30. The molecule has 1 N–H and O–H groups in total. The average Bonchev–Trinajstić information content (AvgIpc) is 3.11. The molecule has 0 saturated carbocycles. The van der Waals surface area contributed by atoms with E-state index in [4.69, 9.17) is 12.2 Å². The Morgan fingerprint density at radius 3 is 2.17 bits per heavy atom. The Morgan fingerprint density at radius 2 is 1.57 bits per heavy atom. The highest BCUT2D eigenvalue weighted by atomic mass is 32.1.